The van der Waals surface area contributed by atoms with Crippen molar-refractivity contribution in [1.82, 2.24) is 19.8 Å². The highest BCUT2D eigenvalue weighted by atomic mass is 32.2. The number of fused-ring (bicyclic) bond motifs is 1. The Morgan fingerprint density at radius 2 is 2.13 bits per heavy atom. The van der Waals surface area contributed by atoms with Crippen LogP contribution in [0.1, 0.15) is 63.7 Å². The molecule has 3 heterocycles. The Bertz CT molecular complexity index is 1110. The molecule has 2 aliphatic rings. The molecular weight excluding hydrogens is 440 g/mol. The number of aromatic nitrogens is 2. The van der Waals surface area contributed by atoms with Gasteiger partial charge in [0.05, 0.1) is 19.2 Å². The van der Waals surface area contributed by atoms with Gasteiger partial charge in [0, 0.05) is 23.2 Å². The van der Waals surface area contributed by atoms with Gasteiger partial charge in [-0.3, -0.25) is 9.89 Å². The number of thiophene rings is 1. The lowest BCUT2D eigenvalue weighted by Gasteiger charge is -2.26. The van der Waals surface area contributed by atoms with E-state index in [0.29, 0.717) is 35.0 Å². The Hall–Kier alpha value is -2.24. The Morgan fingerprint density at radius 3 is 2.77 bits per heavy atom. The molecule has 1 saturated carbocycles. The van der Waals surface area contributed by atoms with E-state index in [9.17, 15) is 18.0 Å². The zero-order valence-electron chi connectivity index (χ0n) is 17.7. The molecule has 0 bridgehead atoms. The van der Waals surface area contributed by atoms with E-state index in [4.69, 9.17) is 4.74 Å². The SMILES string of the molecule is COC(=O)c1c(S(=O)(=O)NC2CC2)sc2c1CCN(C(=O)c1cc(CC(C)C)[nH]n1)C2. The highest BCUT2D eigenvalue weighted by Gasteiger charge is 2.37. The lowest BCUT2D eigenvalue weighted by atomic mass is 10.0. The summed E-state index contributed by atoms with van der Waals surface area (Å²) in [5, 5.41) is 7.06. The molecular formula is C20H26N4O5S2. The van der Waals surface area contributed by atoms with Crippen molar-refractivity contribution in [2.24, 2.45) is 5.92 Å². The number of hydrogen-bond acceptors (Lipinski definition) is 7. The van der Waals surface area contributed by atoms with Crippen molar-refractivity contribution in [1.29, 1.82) is 0 Å². The molecule has 1 fully saturated rings. The number of esters is 1. The zero-order chi connectivity index (χ0) is 22.3. The molecule has 11 heteroatoms. The van der Waals surface area contributed by atoms with E-state index < -0.39 is 16.0 Å². The minimum atomic E-state index is -3.83. The van der Waals surface area contributed by atoms with Crippen LogP contribution in [0.15, 0.2) is 10.3 Å². The first-order chi connectivity index (χ1) is 14.7. The number of carbonyl (C=O) groups is 2. The fourth-order valence-corrected chi connectivity index (χ4v) is 6.92. The van der Waals surface area contributed by atoms with Gasteiger partial charge in [0.15, 0.2) is 0 Å². The van der Waals surface area contributed by atoms with Gasteiger partial charge in [0.1, 0.15) is 9.90 Å². The van der Waals surface area contributed by atoms with Gasteiger partial charge >= 0.3 is 5.97 Å². The molecule has 1 aliphatic heterocycles. The molecule has 0 saturated heterocycles. The number of ether oxygens (including phenoxy) is 1. The van der Waals surface area contributed by atoms with Crippen LogP contribution in [-0.4, -0.2) is 55.1 Å². The molecule has 1 aliphatic carbocycles. The Kier molecular flexibility index (Phi) is 5.93. The average Bonchev–Trinajstić information content (AvgIpc) is 3.25. The fourth-order valence-electron chi connectivity index (χ4n) is 3.70. The molecule has 0 spiro atoms. The smallest absolute Gasteiger partial charge is 0.340 e. The van der Waals surface area contributed by atoms with Gasteiger partial charge in [0.2, 0.25) is 0 Å². The standard InChI is InChI=1S/C20H26N4O5S2/c1-11(2)8-13-9-15(22-21-13)18(25)24-7-6-14-16(10-24)30-20(17(14)19(26)29-3)31(27,28)23-12-4-5-12/h9,11-12,23H,4-8,10H2,1-3H3,(H,21,22). The number of nitrogens with one attached hydrogen (secondary N) is 2. The van der Waals surface area contributed by atoms with Crippen LogP contribution >= 0.6 is 11.3 Å². The van der Waals surface area contributed by atoms with Gasteiger partial charge in [-0.2, -0.15) is 5.10 Å². The maximum absolute atomic E-state index is 13.0. The van der Waals surface area contributed by atoms with E-state index in [1.807, 2.05) is 0 Å². The molecule has 0 radical (unpaired) electrons. The predicted molar refractivity (Wildman–Crippen MR) is 115 cm³/mol. The Balaban J connectivity index is 1.61. The second-order valence-electron chi connectivity index (χ2n) is 8.41. The summed E-state index contributed by atoms with van der Waals surface area (Å²) < 4.78 is 33.2. The summed E-state index contributed by atoms with van der Waals surface area (Å²) >= 11 is 1.04. The van der Waals surface area contributed by atoms with Crippen LogP contribution in [0.4, 0.5) is 0 Å². The third kappa shape index (κ3) is 4.53. The fraction of sp³-hybridized carbons (Fsp3) is 0.550. The summed E-state index contributed by atoms with van der Waals surface area (Å²) in [6.07, 6.45) is 2.77. The van der Waals surface area contributed by atoms with E-state index in [0.717, 1.165) is 36.3 Å². The highest BCUT2D eigenvalue weighted by molar-refractivity contribution is 7.91. The molecule has 0 aromatic carbocycles. The number of sulfonamides is 1. The number of carbonyl (C=O) groups excluding carboxylic acids is 2. The number of aromatic amines is 1. The quantitative estimate of drug-likeness (QED) is 0.603. The monoisotopic (exact) mass is 466 g/mol. The lowest BCUT2D eigenvalue weighted by Crippen LogP contribution is -2.36. The van der Waals surface area contributed by atoms with Gasteiger partial charge < -0.3 is 9.64 Å². The molecule has 1 amide bonds. The first kappa shape index (κ1) is 22.0. The van der Waals surface area contributed by atoms with E-state index in [1.165, 1.54) is 7.11 Å². The van der Waals surface area contributed by atoms with Crippen molar-refractivity contribution in [2.45, 2.75) is 56.3 Å². The number of nitrogens with zero attached hydrogens (tertiary/aromatic N) is 2. The molecule has 4 rings (SSSR count). The summed E-state index contributed by atoms with van der Waals surface area (Å²) in [6.45, 7) is 4.78. The summed E-state index contributed by atoms with van der Waals surface area (Å²) in [6, 6.07) is 1.69. The van der Waals surface area contributed by atoms with Crippen LogP contribution in [0.2, 0.25) is 0 Å². The summed E-state index contributed by atoms with van der Waals surface area (Å²) in [5.74, 6) is -0.446. The Morgan fingerprint density at radius 1 is 1.39 bits per heavy atom. The molecule has 2 N–H and O–H groups in total. The van der Waals surface area contributed by atoms with Crippen LogP contribution in [0, 0.1) is 5.92 Å². The van der Waals surface area contributed by atoms with Crippen molar-refractivity contribution < 1.29 is 22.7 Å². The molecule has 9 nitrogen and oxygen atoms in total. The zero-order valence-corrected chi connectivity index (χ0v) is 19.4. The van der Waals surface area contributed by atoms with Crippen molar-refractivity contribution in [2.75, 3.05) is 13.7 Å². The number of methoxy groups -OCH3 is 1. The van der Waals surface area contributed by atoms with E-state index in [-0.39, 0.29) is 28.3 Å². The number of hydrogen-bond donors (Lipinski definition) is 2. The average molecular weight is 467 g/mol. The molecule has 0 atom stereocenters. The second kappa shape index (κ2) is 8.36. The van der Waals surface area contributed by atoms with Crippen LogP contribution in [-0.2, 0) is 34.1 Å². The third-order valence-electron chi connectivity index (χ3n) is 5.32. The predicted octanol–water partition coefficient (Wildman–Crippen LogP) is 2.10. The van der Waals surface area contributed by atoms with E-state index >= 15 is 0 Å². The molecule has 168 valence electrons. The summed E-state index contributed by atoms with van der Waals surface area (Å²) in [5.41, 5.74) is 1.99. The van der Waals surface area contributed by atoms with Crippen molar-refractivity contribution >= 4 is 33.2 Å². The molecule has 0 unspecified atom stereocenters. The minimum Gasteiger partial charge on any atom is -0.465 e. The van der Waals surface area contributed by atoms with Gasteiger partial charge in [-0.1, -0.05) is 13.8 Å². The third-order valence-corrected chi connectivity index (χ3v) is 8.58. The maximum Gasteiger partial charge on any atom is 0.340 e. The lowest BCUT2D eigenvalue weighted by molar-refractivity contribution is 0.0595. The summed E-state index contributed by atoms with van der Waals surface area (Å²) in [4.78, 5) is 27.7. The van der Waals surface area contributed by atoms with E-state index in [1.54, 1.807) is 11.0 Å². The van der Waals surface area contributed by atoms with Gasteiger partial charge in [-0.05, 0) is 43.2 Å². The topological polar surface area (TPSA) is 121 Å². The molecule has 2 aromatic heterocycles. The van der Waals surface area contributed by atoms with Gasteiger partial charge in [-0.25, -0.2) is 17.9 Å². The number of H-pyrrole nitrogens is 1. The normalized spacial score (nSPS) is 16.5. The van der Waals surface area contributed by atoms with Gasteiger partial charge in [-0.15, -0.1) is 11.3 Å². The molecule has 31 heavy (non-hydrogen) atoms. The maximum atomic E-state index is 13.0. The van der Waals surface area contributed by atoms with Crippen LogP contribution in [0.3, 0.4) is 0 Å². The van der Waals surface area contributed by atoms with Crippen molar-refractivity contribution in [3.63, 3.8) is 0 Å². The largest absolute Gasteiger partial charge is 0.465 e. The van der Waals surface area contributed by atoms with Crippen LogP contribution < -0.4 is 4.72 Å². The van der Waals surface area contributed by atoms with E-state index in [2.05, 4.69) is 28.8 Å². The first-order valence-electron chi connectivity index (χ1n) is 10.3. The highest BCUT2D eigenvalue weighted by Crippen LogP contribution is 2.37. The first-order valence-corrected chi connectivity index (χ1v) is 12.6. The summed E-state index contributed by atoms with van der Waals surface area (Å²) in [7, 11) is -2.59. The molecule has 2 aromatic rings. The number of amides is 1. The van der Waals surface area contributed by atoms with Crippen molar-refractivity contribution in [3.05, 3.63) is 33.5 Å². The number of rotatable bonds is 7. The van der Waals surface area contributed by atoms with Crippen LogP contribution in [0.5, 0.6) is 0 Å². The second-order valence-corrected chi connectivity index (χ2v) is 11.4. The van der Waals surface area contributed by atoms with Crippen LogP contribution in [0.25, 0.3) is 0 Å². The van der Waals surface area contributed by atoms with Gasteiger partial charge in [0.25, 0.3) is 15.9 Å². The van der Waals surface area contributed by atoms with Crippen molar-refractivity contribution in [3.8, 4) is 0 Å². The minimum absolute atomic E-state index is 0.0236. The Labute approximate surface area is 185 Å².